The van der Waals surface area contributed by atoms with Gasteiger partial charge in [0.25, 0.3) is 0 Å². The summed E-state index contributed by atoms with van der Waals surface area (Å²) >= 11 is 0. The van der Waals surface area contributed by atoms with Gasteiger partial charge in [0.15, 0.2) is 0 Å². The van der Waals surface area contributed by atoms with Gasteiger partial charge in [-0.05, 0) is 79.6 Å². The Morgan fingerprint density at radius 3 is 2.02 bits per heavy atom. The molecule has 2 fully saturated rings. The Kier molecular flexibility index (Phi) is 10.1. The highest BCUT2D eigenvalue weighted by Gasteiger charge is 2.40. The summed E-state index contributed by atoms with van der Waals surface area (Å²) in [7, 11) is 1.27. The van der Waals surface area contributed by atoms with Gasteiger partial charge in [0.1, 0.15) is 5.82 Å². The van der Waals surface area contributed by atoms with Gasteiger partial charge >= 0.3 is 30.4 Å². The van der Waals surface area contributed by atoms with E-state index < -0.39 is 53.4 Å². The van der Waals surface area contributed by atoms with Crippen molar-refractivity contribution in [3.8, 4) is 0 Å². The van der Waals surface area contributed by atoms with Gasteiger partial charge in [0, 0.05) is 46.2 Å². The monoisotopic (exact) mass is 660 g/mol. The molecule has 0 radical (unpaired) electrons. The van der Waals surface area contributed by atoms with Crippen molar-refractivity contribution in [3.63, 3.8) is 0 Å². The number of piperazine rings is 1. The molecule has 2 heterocycles. The number of likely N-dealkylation sites (tertiary alicyclic amines) is 1. The lowest BCUT2D eigenvalue weighted by atomic mass is 9.93. The number of amides is 4. The van der Waals surface area contributed by atoms with Crippen LogP contribution in [-0.2, 0) is 17.1 Å². The second-order valence-corrected chi connectivity index (χ2v) is 11.9. The molecule has 46 heavy (non-hydrogen) atoms. The van der Waals surface area contributed by atoms with Crippen LogP contribution in [0.1, 0.15) is 66.1 Å². The van der Waals surface area contributed by atoms with Crippen molar-refractivity contribution in [1.29, 1.82) is 0 Å². The Hall–Kier alpha value is -4.04. The predicted molar refractivity (Wildman–Crippen MR) is 152 cm³/mol. The highest BCUT2D eigenvalue weighted by molar-refractivity contribution is 5.78. The van der Waals surface area contributed by atoms with Gasteiger partial charge in [-0.1, -0.05) is 6.07 Å². The number of benzene rings is 2. The van der Waals surface area contributed by atoms with E-state index in [1.807, 2.05) is 0 Å². The van der Waals surface area contributed by atoms with Crippen LogP contribution in [0.25, 0.3) is 0 Å². The molecule has 1 unspecified atom stereocenters. The number of carbonyl (C=O) groups excluding carboxylic acids is 2. The van der Waals surface area contributed by atoms with Gasteiger partial charge in [0.2, 0.25) is 0 Å². The summed E-state index contributed by atoms with van der Waals surface area (Å²) < 4.78 is 95.1. The summed E-state index contributed by atoms with van der Waals surface area (Å²) in [5.41, 5.74) is -2.36. The molecule has 2 aromatic rings. The number of halogens is 7. The van der Waals surface area contributed by atoms with E-state index in [2.05, 4.69) is 0 Å². The fourth-order valence-corrected chi connectivity index (χ4v) is 6.05. The molecule has 2 aliphatic heterocycles. The quantitative estimate of drug-likeness (QED) is 0.352. The number of carbonyl (C=O) groups is 3. The number of nitrogens with zero attached hydrogens (tertiary/aromatic N) is 4. The van der Waals surface area contributed by atoms with Crippen LogP contribution in [0, 0.1) is 18.7 Å². The van der Waals surface area contributed by atoms with E-state index in [-0.39, 0.29) is 49.6 Å². The second-order valence-electron chi connectivity index (χ2n) is 11.9. The first-order valence-corrected chi connectivity index (χ1v) is 14.7. The first-order chi connectivity index (χ1) is 21.4. The highest BCUT2D eigenvalue weighted by atomic mass is 19.4. The fraction of sp³-hybridized carbons (Fsp3) is 0.516. The molecule has 4 amide bonds. The number of rotatable bonds is 5. The van der Waals surface area contributed by atoms with Crippen molar-refractivity contribution >= 4 is 18.0 Å². The maximum Gasteiger partial charge on any atom is 0.416 e. The first-order valence-electron chi connectivity index (χ1n) is 14.7. The lowest BCUT2D eigenvalue weighted by Crippen LogP contribution is -2.58. The van der Waals surface area contributed by atoms with E-state index in [1.165, 1.54) is 37.1 Å². The molecule has 0 bridgehead atoms. The Labute approximate surface area is 261 Å². The summed E-state index contributed by atoms with van der Waals surface area (Å²) in [6, 6.07) is 2.11. The Morgan fingerprint density at radius 2 is 1.50 bits per heavy atom. The molecule has 2 saturated heterocycles. The van der Waals surface area contributed by atoms with E-state index in [0.717, 1.165) is 4.90 Å². The number of aliphatic carboxylic acids is 1. The van der Waals surface area contributed by atoms with Gasteiger partial charge < -0.3 is 24.7 Å². The SMILES string of the molecule is Cc1cc(F)ccc1[C@H]1CN(C(=O)N2CCC(CC(=O)O)CC2)CCN1C(=O)N(C)C(C)c1cc(C(F)(F)F)cc(C(F)(F)F)c1. The van der Waals surface area contributed by atoms with Crippen LogP contribution in [-0.4, -0.2) is 82.5 Å². The van der Waals surface area contributed by atoms with Gasteiger partial charge in [-0.15, -0.1) is 0 Å². The fourth-order valence-electron chi connectivity index (χ4n) is 6.05. The molecule has 0 aromatic heterocycles. The summed E-state index contributed by atoms with van der Waals surface area (Å²) in [5, 5.41) is 9.08. The normalized spacial score (nSPS) is 18.8. The van der Waals surface area contributed by atoms with Crippen LogP contribution in [0.4, 0.5) is 40.3 Å². The van der Waals surface area contributed by atoms with Crippen LogP contribution < -0.4 is 0 Å². The molecule has 2 aliphatic rings. The van der Waals surface area contributed by atoms with E-state index in [1.54, 1.807) is 16.7 Å². The van der Waals surface area contributed by atoms with Crippen LogP contribution in [0.5, 0.6) is 0 Å². The van der Waals surface area contributed by atoms with Gasteiger partial charge in [-0.25, -0.2) is 14.0 Å². The van der Waals surface area contributed by atoms with Gasteiger partial charge in [-0.2, -0.15) is 26.3 Å². The third kappa shape index (κ3) is 7.84. The number of urea groups is 2. The second kappa shape index (κ2) is 13.4. The zero-order valence-corrected chi connectivity index (χ0v) is 25.5. The topological polar surface area (TPSA) is 84.4 Å². The highest BCUT2D eigenvalue weighted by Crippen LogP contribution is 2.39. The summed E-state index contributed by atoms with van der Waals surface area (Å²) in [5.74, 6) is -1.48. The van der Waals surface area contributed by atoms with Crippen LogP contribution in [0.15, 0.2) is 36.4 Å². The van der Waals surface area contributed by atoms with Crippen molar-refractivity contribution in [3.05, 3.63) is 70.0 Å². The smallest absolute Gasteiger partial charge is 0.416 e. The number of aryl methyl sites for hydroxylation is 1. The minimum absolute atomic E-state index is 0.00387. The average molecular weight is 661 g/mol. The number of hydrogen-bond acceptors (Lipinski definition) is 3. The number of carboxylic acids is 1. The maximum atomic E-state index is 14.0. The molecule has 0 spiro atoms. The molecule has 0 saturated carbocycles. The standard InChI is InChI=1S/C31H35F7N4O4/c1-18-12-24(32)4-5-25(18)26-17-41(29(46)40-8-6-20(7-9-40)13-27(43)44)10-11-42(26)28(45)39(3)19(2)21-14-22(30(33,34)35)16-23(15-21)31(36,37)38/h4-5,12,14-16,19-20,26H,6-11,13,17H2,1-3H3,(H,43,44)/t19?,26-/m1/s1. The first kappa shape index (κ1) is 34.8. The number of alkyl halides is 6. The van der Waals surface area contributed by atoms with Crippen molar-refractivity contribution in [1.82, 2.24) is 19.6 Å². The van der Waals surface area contributed by atoms with Crippen LogP contribution in [0.3, 0.4) is 0 Å². The average Bonchev–Trinajstić information content (AvgIpc) is 2.98. The zero-order chi connectivity index (χ0) is 34.1. The van der Waals surface area contributed by atoms with E-state index in [9.17, 15) is 45.1 Å². The van der Waals surface area contributed by atoms with Crippen LogP contribution >= 0.6 is 0 Å². The van der Waals surface area contributed by atoms with Crippen molar-refractivity contribution in [2.24, 2.45) is 5.92 Å². The Morgan fingerprint density at radius 1 is 0.913 bits per heavy atom. The molecular weight excluding hydrogens is 625 g/mol. The molecule has 4 rings (SSSR count). The molecule has 1 N–H and O–H groups in total. The van der Waals surface area contributed by atoms with Crippen molar-refractivity contribution in [2.75, 3.05) is 39.8 Å². The van der Waals surface area contributed by atoms with Gasteiger partial charge in [0.05, 0.1) is 23.2 Å². The van der Waals surface area contributed by atoms with E-state index in [0.29, 0.717) is 49.2 Å². The molecule has 2 aromatic carbocycles. The van der Waals surface area contributed by atoms with Crippen molar-refractivity contribution < 1.29 is 50.2 Å². The molecule has 8 nitrogen and oxygen atoms in total. The molecule has 0 aliphatic carbocycles. The van der Waals surface area contributed by atoms with Crippen molar-refractivity contribution in [2.45, 2.75) is 57.5 Å². The summed E-state index contributed by atoms with van der Waals surface area (Å²) in [6.45, 7) is 3.72. The Balaban J connectivity index is 1.59. The largest absolute Gasteiger partial charge is 0.481 e. The summed E-state index contributed by atoms with van der Waals surface area (Å²) in [6.07, 6.45) is -9.06. The molecule has 2 atom stereocenters. The molecule has 252 valence electrons. The predicted octanol–water partition coefficient (Wildman–Crippen LogP) is 6.95. The number of hydrogen-bond donors (Lipinski definition) is 1. The minimum Gasteiger partial charge on any atom is -0.481 e. The lowest BCUT2D eigenvalue weighted by Gasteiger charge is -2.45. The maximum absolute atomic E-state index is 14.0. The minimum atomic E-state index is -5.06. The molecule has 15 heteroatoms. The van der Waals surface area contributed by atoms with E-state index >= 15 is 0 Å². The zero-order valence-electron chi connectivity index (χ0n) is 25.5. The van der Waals surface area contributed by atoms with Crippen LogP contribution in [0.2, 0.25) is 0 Å². The van der Waals surface area contributed by atoms with E-state index in [4.69, 9.17) is 5.11 Å². The lowest BCUT2D eigenvalue weighted by molar-refractivity contribution is -0.143. The number of carboxylic acid groups (broad SMARTS) is 1. The Bertz CT molecular complexity index is 1430. The third-order valence-corrected chi connectivity index (χ3v) is 8.81. The third-order valence-electron chi connectivity index (χ3n) is 8.81. The van der Waals surface area contributed by atoms with Gasteiger partial charge in [-0.3, -0.25) is 4.79 Å². The number of piperidine rings is 1. The molecular formula is C31H35F7N4O4. The summed E-state index contributed by atoms with van der Waals surface area (Å²) in [4.78, 5) is 44.1.